The van der Waals surface area contributed by atoms with Gasteiger partial charge in [0.2, 0.25) is 5.75 Å². The predicted molar refractivity (Wildman–Crippen MR) is 133 cm³/mol. The van der Waals surface area contributed by atoms with Gasteiger partial charge in [-0.1, -0.05) is 6.92 Å². The summed E-state index contributed by atoms with van der Waals surface area (Å²) >= 11 is 0. The fourth-order valence-corrected chi connectivity index (χ4v) is 5.90. The molecule has 0 saturated heterocycles. The molecule has 0 aromatic heterocycles. The second-order valence-electron chi connectivity index (χ2n) is 8.63. The van der Waals surface area contributed by atoms with Crippen molar-refractivity contribution in [1.82, 2.24) is 0 Å². The molecule has 0 amide bonds. The summed E-state index contributed by atoms with van der Waals surface area (Å²) in [5, 5.41) is 0. The summed E-state index contributed by atoms with van der Waals surface area (Å²) in [6.07, 6.45) is 4.11. The number of methoxy groups -OCH3 is 5. The van der Waals surface area contributed by atoms with Crippen LogP contribution in [0.2, 0.25) is 0 Å². The molecule has 9 heteroatoms. The molecule has 0 spiro atoms. The van der Waals surface area contributed by atoms with Crippen LogP contribution in [0.4, 0.5) is 0 Å². The molecule has 3 rings (SSSR count). The van der Waals surface area contributed by atoms with Crippen molar-refractivity contribution in [2.75, 3.05) is 48.4 Å². The molecule has 0 unspecified atom stereocenters. The van der Waals surface area contributed by atoms with Gasteiger partial charge in [0.25, 0.3) is 0 Å². The smallest absolute Gasteiger partial charge is 0.203 e. The zero-order valence-corrected chi connectivity index (χ0v) is 22.4. The van der Waals surface area contributed by atoms with Crippen LogP contribution in [0.15, 0.2) is 29.2 Å². The topological polar surface area (TPSA) is 89.5 Å². The van der Waals surface area contributed by atoms with Crippen LogP contribution in [-0.4, -0.2) is 62.9 Å². The van der Waals surface area contributed by atoms with E-state index in [1.807, 2.05) is 25.1 Å². The van der Waals surface area contributed by atoms with Gasteiger partial charge in [0, 0.05) is 18.8 Å². The van der Waals surface area contributed by atoms with Gasteiger partial charge in [-0.05, 0) is 61.1 Å². The number of sulfone groups is 1. The number of hydrogen-bond donors (Lipinski definition) is 0. The van der Waals surface area contributed by atoms with E-state index < -0.39 is 15.3 Å². The van der Waals surface area contributed by atoms with E-state index in [-0.39, 0.29) is 16.7 Å². The van der Waals surface area contributed by atoms with E-state index in [0.29, 0.717) is 29.6 Å². The van der Waals surface area contributed by atoms with Crippen LogP contribution >= 0.6 is 0 Å². The van der Waals surface area contributed by atoms with Crippen LogP contribution < -0.4 is 23.7 Å². The molecule has 0 radical (unpaired) electrons. The molecule has 2 aromatic rings. The van der Waals surface area contributed by atoms with Gasteiger partial charge in [-0.25, -0.2) is 8.42 Å². The maximum Gasteiger partial charge on any atom is 0.203 e. The Labute approximate surface area is 208 Å². The van der Waals surface area contributed by atoms with Crippen molar-refractivity contribution in [2.24, 2.45) is 0 Å². The second-order valence-corrected chi connectivity index (χ2v) is 10.6. The van der Waals surface area contributed by atoms with Gasteiger partial charge >= 0.3 is 0 Å². The number of rotatable bonds is 11. The van der Waals surface area contributed by atoms with Gasteiger partial charge < -0.3 is 28.4 Å². The third-order valence-electron chi connectivity index (χ3n) is 6.66. The Morgan fingerprint density at radius 1 is 0.857 bits per heavy atom. The Hall–Kier alpha value is -2.65. The highest BCUT2D eigenvalue weighted by atomic mass is 32.2. The van der Waals surface area contributed by atoms with Crippen LogP contribution in [0.25, 0.3) is 0 Å². The molecular weight excluding hydrogens is 472 g/mol. The highest BCUT2D eigenvalue weighted by molar-refractivity contribution is 7.90. The lowest BCUT2D eigenvalue weighted by Gasteiger charge is -2.37. The molecule has 194 valence electrons. The number of benzene rings is 2. The summed E-state index contributed by atoms with van der Waals surface area (Å²) in [7, 11) is 4.25. The van der Waals surface area contributed by atoms with Crippen molar-refractivity contribution in [1.29, 1.82) is 0 Å². The van der Waals surface area contributed by atoms with Crippen molar-refractivity contribution in [3.8, 4) is 28.7 Å². The fraction of sp³-hybridized carbons (Fsp3) is 0.538. The highest BCUT2D eigenvalue weighted by Crippen LogP contribution is 2.53. The first kappa shape index (κ1) is 26.9. The molecule has 8 nitrogen and oxygen atoms in total. The normalized spacial score (nSPS) is 19.9. The molecule has 0 aliphatic heterocycles. The Morgan fingerprint density at radius 3 is 1.86 bits per heavy atom. The molecular formula is C26H36O8S. The van der Waals surface area contributed by atoms with Gasteiger partial charge in [0.15, 0.2) is 32.8 Å². The molecule has 1 aliphatic rings. The minimum absolute atomic E-state index is 0.0915. The van der Waals surface area contributed by atoms with Gasteiger partial charge in [-0.15, -0.1) is 0 Å². The van der Waals surface area contributed by atoms with Crippen molar-refractivity contribution < 1.29 is 36.8 Å². The minimum atomic E-state index is -3.63. The predicted octanol–water partition coefficient (Wildman–Crippen LogP) is 4.40. The first-order chi connectivity index (χ1) is 16.7. The monoisotopic (exact) mass is 508 g/mol. The summed E-state index contributed by atoms with van der Waals surface area (Å²) in [6, 6.07) is 7.38. The summed E-state index contributed by atoms with van der Waals surface area (Å²) in [5.74, 6) is 2.11. The molecule has 2 atom stereocenters. The van der Waals surface area contributed by atoms with E-state index in [9.17, 15) is 8.42 Å². The summed E-state index contributed by atoms with van der Waals surface area (Å²) < 4.78 is 60.1. The minimum Gasteiger partial charge on any atom is -0.493 e. The Balaban J connectivity index is 2.39. The molecule has 1 saturated carbocycles. The molecule has 0 N–H and O–H groups in total. The summed E-state index contributed by atoms with van der Waals surface area (Å²) in [5.41, 5.74) is 0.953. The Bertz CT molecular complexity index is 1120. The van der Waals surface area contributed by atoms with Crippen LogP contribution in [0.5, 0.6) is 28.7 Å². The average molecular weight is 509 g/mol. The molecule has 0 bridgehead atoms. The SMILES string of the molecule is CCCOc1c(OC)cc([C@@]2(c3cc(OC)c(OC)c(OC)c3)CCC[C@H]2OC)cc1S(C)(=O)=O. The third-order valence-corrected chi connectivity index (χ3v) is 7.76. The average Bonchev–Trinajstić information content (AvgIpc) is 3.30. The summed E-state index contributed by atoms with van der Waals surface area (Å²) in [4.78, 5) is 0.0915. The highest BCUT2D eigenvalue weighted by Gasteiger charge is 2.48. The van der Waals surface area contributed by atoms with Crippen LogP contribution in [-0.2, 0) is 20.0 Å². The van der Waals surface area contributed by atoms with E-state index in [0.717, 1.165) is 36.8 Å². The molecule has 1 fully saturated rings. The molecule has 0 heterocycles. The largest absolute Gasteiger partial charge is 0.493 e. The maximum atomic E-state index is 12.9. The molecule has 2 aromatic carbocycles. The van der Waals surface area contributed by atoms with Gasteiger partial charge in [0.1, 0.15) is 4.90 Å². The zero-order valence-electron chi connectivity index (χ0n) is 21.6. The Morgan fingerprint density at radius 2 is 1.40 bits per heavy atom. The van der Waals surface area contributed by atoms with Crippen molar-refractivity contribution in [3.63, 3.8) is 0 Å². The van der Waals surface area contributed by atoms with Crippen molar-refractivity contribution >= 4 is 9.84 Å². The van der Waals surface area contributed by atoms with E-state index in [4.69, 9.17) is 28.4 Å². The zero-order chi connectivity index (χ0) is 25.8. The summed E-state index contributed by atoms with van der Waals surface area (Å²) in [6.45, 7) is 2.33. The van der Waals surface area contributed by atoms with Crippen LogP contribution in [0.3, 0.4) is 0 Å². The molecule has 35 heavy (non-hydrogen) atoms. The first-order valence-electron chi connectivity index (χ1n) is 11.6. The number of hydrogen-bond acceptors (Lipinski definition) is 8. The van der Waals surface area contributed by atoms with E-state index in [1.54, 1.807) is 34.5 Å². The quantitative estimate of drug-likeness (QED) is 0.441. The van der Waals surface area contributed by atoms with E-state index >= 15 is 0 Å². The van der Waals surface area contributed by atoms with Gasteiger partial charge in [-0.2, -0.15) is 0 Å². The fourth-order valence-electron chi connectivity index (χ4n) is 5.07. The van der Waals surface area contributed by atoms with Crippen molar-refractivity contribution in [3.05, 3.63) is 35.4 Å². The maximum absolute atomic E-state index is 12.9. The van der Waals surface area contributed by atoms with E-state index in [2.05, 4.69) is 0 Å². The van der Waals surface area contributed by atoms with Crippen LogP contribution in [0, 0.1) is 0 Å². The third kappa shape index (κ3) is 4.89. The first-order valence-corrected chi connectivity index (χ1v) is 13.5. The van der Waals surface area contributed by atoms with Gasteiger partial charge in [0.05, 0.1) is 41.2 Å². The lowest BCUT2D eigenvalue weighted by Crippen LogP contribution is -2.37. The number of ether oxygens (including phenoxy) is 6. The second kappa shape index (κ2) is 11.0. The van der Waals surface area contributed by atoms with Gasteiger partial charge in [-0.3, -0.25) is 0 Å². The van der Waals surface area contributed by atoms with Crippen molar-refractivity contribution in [2.45, 2.75) is 49.0 Å². The van der Waals surface area contributed by atoms with E-state index in [1.165, 1.54) is 13.4 Å². The molecule has 1 aliphatic carbocycles. The lowest BCUT2D eigenvalue weighted by atomic mass is 9.71. The Kier molecular flexibility index (Phi) is 8.43. The lowest BCUT2D eigenvalue weighted by molar-refractivity contribution is 0.0667. The van der Waals surface area contributed by atoms with Crippen LogP contribution in [0.1, 0.15) is 43.7 Å². The standard InChI is InChI=1S/C26H36O8S/c1-8-12-34-25-21(31-4)15-18(16-22(25)35(7,27)28)26(11-9-10-23(26)32-5)17-13-19(29-2)24(33-6)20(14-17)30-3/h13-16,23H,8-12H2,1-7H3/t23-,26+/m1/s1.